The summed E-state index contributed by atoms with van der Waals surface area (Å²) in [6.07, 6.45) is 4.53. The third-order valence-corrected chi connectivity index (χ3v) is 3.55. The molecule has 1 aliphatic carbocycles. The quantitative estimate of drug-likeness (QED) is 0.871. The number of hydrogen-bond acceptors (Lipinski definition) is 3. The molecule has 0 bridgehead atoms. The molecule has 17 heavy (non-hydrogen) atoms. The third kappa shape index (κ3) is 3.25. The number of rotatable bonds is 3. The van der Waals surface area contributed by atoms with E-state index in [4.69, 9.17) is 5.11 Å². The van der Waals surface area contributed by atoms with Crippen LogP contribution in [0, 0.1) is 18.8 Å². The maximum atomic E-state index is 10.8. The van der Waals surface area contributed by atoms with Gasteiger partial charge in [-0.25, -0.2) is 0 Å². The molecule has 0 amide bonds. The van der Waals surface area contributed by atoms with Gasteiger partial charge in [-0.1, -0.05) is 0 Å². The van der Waals surface area contributed by atoms with Gasteiger partial charge < -0.3 is 5.11 Å². The smallest absolute Gasteiger partial charge is 0.306 e. The SMILES string of the molecule is Cc1ccc(C[C@H]2CC[C@H](C(=O)O)CC2)nn1. The average Bonchev–Trinajstić information content (AvgIpc) is 2.33. The molecule has 1 fully saturated rings. The molecule has 1 aromatic heterocycles. The van der Waals surface area contributed by atoms with E-state index in [1.807, 2.05) is 19.1 Å². The Balaban J connectivity index is 1.85. The summed E-state index contributed by atoms with van der Waals surface area (Å²) >= 11 is 0. The van der Waals surface area contributed by atoms with E-state index in [1.165, 1.54) is 0 Å². The van der Waals surface area contributed by atoms with Gasteiger partial charge in [0, 0.05) is 0 Å². The highest BCUT2D eigenvalue weighted by Crippen LogP contribution is 2.30. The van der Waals surface area contributed by atoms with Crippen molar-refractivity contribution in [2.24, 2.45) is 11.8 Å². The highest BCUT2D eigenvalue weighted by molar-refractivity contribution is 5.69. The number of nitrogens with zero attached hydrogens (tertiary/aromatic N) is 2. The lowest BCUT2D eigenvalue weighted by atomic mass is 9.80. The Bertz CT molecular complexity index is 381. The molecule has 0 atom stereocenters. The van der Waals surface area contributed by atoms with Gasteiger partial charge in [0.1, 0.15) is 0 Å². The van der Waals surface area contributed by atoms with Gasteiger partial charge in [-0.2, -0.15) is 10.2 Å². The van der Waals surface area contributed by atoms with Crippen LogP contribution in [0.1, 0.15) is 37.1 Å². The number of carbonyl (C=O) groups is 1. The minimum absolute atomic E-state index is 0.129. The van der Waals surface area contributed by atoms with E-state index in [2.05, 4.69) is 10.2 Å². The van der Waals surface area contributed by atoms with Crippen LogP contribution in [0.3, 0.4) is 0 Å². The predicted octanol–water partition coefficient (Wildman–Crippen LogP) is 2.22. The van der Waals surface area contributed by atoms with Crippen LogP contribution in [-0.2, 0) is 11.2 Å². The van der Waals surface area contributed by atoms with Crippen molar-refractivity contribution in [3.63, 3.8) is 0 Å². The maximum absolute atomic E-state index is 10.8. The van der Waals surface area contributed by atoms with Crippen molar-refractivity contribution in [2.75, 3.05) is 0 Å². The molecule has 4 nitrogen and oxygen atoms in total. The number of carboxylic acids is 1. The summed E-state index contributed by atoms with van der Waals surface area (Å²) < 4.78 is 0. The first-order valence-corrected chi connectivity index (χ1v) is 6.17. The highest BCUT2D eigenvalue weighted by Gasteiger charge is 2.26. The number of carboxylic acid groups (broad SMARTS) is 1. The summed E-state index contributed by atoms with van der Waals surface area (Å²) in [6.45, 7) is 1.93. The fourth-order valence-corrected chi connectivity index (χ4v) is 2.44. The summed E-state index contributed by atoms with van der Waals surface area (Å²) in [5.41, 5.74) is 1.96. The second-order valence-corrected chi connectivity index (χ2v) is 4.93. The van der Waals surface area contributed by atoms with Crippen LogP contribution in [0.25, 0.3) is 0 Å². The Morgan fingerprint density at radius 2 is 2.00 bits per heavy atom. The van der Waals surface area contributed by atoms with E-state index < -0.39 is 5.97 Å². The molecule has 0 saturated heterocycles. The van der Waals surface area contributed by atoms with E-state index in [0.29, 0.717) is 5.92 Å². The maximum Gasteiger partial charge on any atom is 0.306 e. The zero-order valence-corrected chi connectivity index (χ0v) is 10.1. The Kier molecular flexibility index (Phi) is 3.71. The van der Waals surface area contributed by atoms with Gasteiger partial charge in [0.25, 0.3) is 0 Å². The molecule has 1 saturated carbocycles. The molecule has 4 heteroatoms. The molecular weight excluding hydrogens is 216 g/mol. The van der Waals surface area contributed by atoms with Gasteiger partial charge in [-0.05, 0) is 57.1 Å². The third-order valence-electron chi connectivity index (χ3n) is 3.55. The standard InChI is InChI=1S/C13H18N2O2/c1-9-2-7-12(15-14-9)8-10-3-5-11(6-4-10)13(16)17/h2,7,10-11H,3-6,8H2,1H3,(H,16,17)/t10-,11-. The number of hydrogen-bond donors (Lipinski definition) is 1. The van der Waals surface area contributed by atoms with E-state index in [0.717, 1.165) is 43.5 Å². The van der Waals surface area contributed by atoms with Crippen LogP contribution in [-0.4, -0.2) is 21.3 Å². The van der Waals surface area contributed by atoms with Crippen molar-refractivity contribution in [1.82, 2.24) is 10.2 Å². The first kappa shape index (κ1) is 12.0. The molecule has 92 valence electrons. The molecule has 1 aliphatic rings. The molecule has 0 aliphatic heterocycles. The second-order valence-electron chi connectivity index (χ2n) is 4.93. The van der Waals surface area contributed by atoms with Gasteiger partial charge in [0.05, 0.1) is 17.3 Å². The van der Waals surface area contributed by atoms with Crippen LogP contribution >= 0.6 is 0 Å². The molecule has 2 rings (SSSR count). The van der Waals surface area contributed by atoms with E-state index in [-0.39, 0.29) is 5.92 Å². The molecule has 0 radical (unpaired) electrons. The largest absolute Gasteiger partial charge is 0.481 e. The summed E-state index contributed by atoms with van der Waals surface area (Å²) in [6, 6.07) is 4.00. The second kappa shape index (κ2) is 5.25. The summed E-state index contributed by atoms with van der Waals surface area (Å²) in [4.78, 5) is 10.8. The minimum atomic E-state index is -0.640. The first-order chi connectivity index (χ1) is 8.15. The zero-order valence-electron chi connectivity index (χ0n) is 10.1. The molecule has 0 aromatic carbocycles. The lowest BCUT2D eigenvalue weighted by Gasteiger charge is -2.25. The van der Waals surface area contributed by atoms with Gasteiger partial charge >= 0.3 is 5.97 Å². The molecule has 1 aromatic rings. The molecule has 1 heterocycles. The average molecular weight is 234 g/mol. The summed E-state index contributed by atoms with van der Waals surface area (Å²) in [7, 11) is 0. The normalized spacial score (nSPS) is 24.5. The fraction of sp³-hybridized carbons (Fsp3) is 0.615. The van der Waals surface area contributed by atoms with Crippen LogP contribution in [0.2, 0.25) is 0 Å². The van der Waals surface area contributed by atoms with Crippen molar-refractivity contribution in [1.29, 1.82) is 0 Å². The van der Waals surface area contributed by atoms with Crippen molar-refractivity contribution in [3.05, 3.63) is 23.5 Å². The summed E-state index contributed by atoms with van der Waals surface area (Å²) in [5.74, 6) is -0.198. The monoisotopic (exact) mass is 234 g/mol. The van der Waals surface area contributed by atoms with Crippen molar-refractivity contribution < 1.29 is 9.90 Å². The number of aromatic nitrogens is 2. The van der Waals surface area contributed by atoms with E-state index in [9.17, 15) is 4.79 Å². The number of aliphatic carboxylic acids is 1. The van der Waals surface area contributed by atoms with Crippen molar-refractivity contribution >= 4 is 5.97 Å². The minimum Gasteiger partial charge on any atom is -0.481 e. The van der Waals surface area contributed by atoms with Gasteiger partial charge in [0.15, 0.2) is 0 Å². The predicted molar refractivity (Wildman–Crippen MR) is 63.6 cm³/mol. The van der Waals surface area contributed by atoms with Gasteiger partial charge in [0.2, 0.25) is 0 Å². The molecule has 0 spiro atoms. The van der Waals surface area contributed by atoms with Crippen LogP contribution in [0.5, 0.6) is 0 Å². The summed E-state index contributed by atoms with van der Waals surface area (Å²) in [5, 5.41) is 17.1. The Hall–Kier alpha value is -1.45. The van der Waals surface area contributed by atoms with E-state index in [1.54, 1.807) is 0 Å². The lowest BCUT2D eigenvalue weighted by Crippen LogP contribution is -2.22. The van der Waals surface area contributed by atoms with Crippen molar-refractivity contribution in [2.45, 2.75) is 39.0 Å². The fourth-order valence-electron chi connectivity index (χ4n) is 2.44. The first-order valence-electron chi connectivity index (χ1n) is 6.17. The van der Waals surface area contributed by atoms with Crippen LogP contribution in [0.15, 0.2) is 12.1 Å². The topological polar surface area (TPSA) is 63.1 Å². The highest BCUT2D eigenvalue weighted by atomic mass is 16.4. The van der Waals surface area contributed by atoms with Crippen LogP contribution in [0.4, 0.5) is 0 Å². The lowest BCUT2D eigenvalue weighted by molar-refractivity contribution is -0.143. The molecule has 1 N–H and O–H groups in total. The zero-order chi connectivity index (χ0) is 12.3. The Morgan fingerprint density at radius 3 is 2.53 bits per heavy atom. The van der Waals surface area contributed by atoms with Crippen LogP contribution < -0.4 is 0 Å². The molecular formula is C13H18N2O2. The van der Waals surface area contributed by atoms with Gasteiger partial charge in [-0.15, -0.1) is 0 Å². The molecule has 0 unspecified atom stereocenters. The van der Waals surface area contributed by atoms with Crippen molar-refractivity contribution in [3.8, 4) is 0 Å². The van der Waals surface area contributed by atoms with E-state index >= 15 is 0 Å². The Labute approximate surface area is 101 Å². The Morgan fingerprint density at radius 1 is 1.29 bits per heavy atom. The number of aryl methyl sites for hydroxylation is 1. The van der Waals surface area contributed by atoms with Gasteiger partial charge in [-0.3, -0.25) is 4.79 Å².